The SMILES string of the molecule is CCSCCSCCSCC(O)O. The Hall–Kier alpha value is 0.970. The second kappa shape index (κ2) is 11.0. The first kappa shape index (κ1) is 14.0. The molecular weight excluding hydrogens is 224 g/mol. The predicted molar refractivity (Wildman–Crippen MR) is 65.9 cm³/mol. The van der Waals surface area contributed by atoms with Gasteiger partial charge in [-0.25, -0.2) is 0 Å². The van der Waals surface area contributed by atoms with Crippen LogP contribution in [0.25, 0.3) is 0 Å². The molecule has 0 heterocycles. The molecule has 0 bridgehead atoms. The van der Waals surface area contributed by atoms with Crippen molar-refractivity contribution in [1.29, 1.82) is 0 Å². The minimum absolute atomic E-state index is 0.435. The van der Waals surface area contributed by atoms with Crippen LogP contribution in [0.3, 0.4) is 0 Å². The number of aliphatic hydroxyl groups excluding tert-OH is 1. The lowest BCUT2D eigenvalue weighted by Gasteiger charge is -2.03. The summed E-state index contributed by atoms with van der Waals surface area (Å²) >= 11 is 5.51. The minimum atomic E-state index is -1.15. The highest BCUT2D eigenvalue weighted by molar-refractivity contribution is 8.04. The number of rotatable bonds is 9. The summed E-state index contributed by atoms with van der Waals surface area (Å²) < 4.78 is 0. The van der Waals surface area contributed by atoms with E-state index in [1.807, 2.05) is 23.5 Å². The maximum atomic E-state index is 8.55. The van der Waals surface area contributed by atoms with E-state index in [1.165, 1.54) is 17.3 Å². The Balaban J connectivity index is 2.84. The maximum absolute atomic E-state index is 8.55. The summed E-state index contributed by atoms with van der Waals surface area (Å²) in [6.45, 7) is 2.17. The van der Waals surface area contributed by atoms with Crippen LogP contribution >= 0.6 is 35.3 Å². The summed E-state index contributed by atoms with van der Waals surface area (Å²) in [4.78, 5) is 0. The van der Waals surface area contributed by atoms with Gasteiger partial charge >= 0.3 is 0 Å². The van der Waals surface area contributed by atoms with Gasteiger partial charge in [0.15, 0.2) is 6.29 Å². The van der Waals surface area contributed by atoms with Crippen molar-refractivity contribution in [2.45, 2.75) is 13.2 Å². The van der Waals surface area contributed by atoms with Gasteiger partial charge in [-0.15, -0.1) is 0 Å². The van der Waals surface area contributed by atoms with Gasteiger partial charge in [0.1, 0.15) is 0 Å². The van der Waals surface area contributed by atoms with Crippen molar-refractivity contribution in [3.05, 3.63) is 0 Å². The van der Waals surface area contributed by atoms with E-state index < -0.39 is 6.29 Å². The van der Waals surface area contributed by atoms with Gasteiger partial charge in [0.05, 0.1) is 0 Å². The van der Waals surface area contributed by atoms with Crippen molar-refractivity contribution in [2.24, 2.45) is 0 Å². The first-order chi connectivity index (χ1) is 6.27. The molecule has 2 N–H and O–H groups in total. The van der Waals surface area contributed by atoms with Gasteiger partial charge in [-0.3, -0.25) is 0 Å². The Morgan fingerprint density at radius 2 is 1.46 bits per heavy atom. The lowest BCUT2D eigenvalue weighted by molar-refractivity contribution is -0.0186. The van der Waals surface area contributed by atoms with Crippen molar-refractivity contribution in [1.82, 2.24) is 0 Å². The molecule has 0 saturated heterocycles. The maximum Gasteiger partial charge on any atom is 0.160 e. The molecule has 80 valence electrons. The second-order valence-electron chi connectivity index (χ2n) is 2.36. The van der Waals surface area contributed by atoms with Crippen LogP contribution in [0.1, 0.15) is 6.92 Å². The van der Waals surface area contributed by atoms with Crippen molar-refractivity contribution < 1.29 is 10.2 Å². The Morgan fingerprint density at radius 3 is 2.00 bits per heavy atom. The molecule has 0 aliphatic rings. The zero-order valence-corrected chi connectivity index (χ0v) is 10.4. The molecular formula is C8H18O2S3. The summed E-state index contributed by atoms with van der Waals surface area (Å²) in [5.41, 5.74) is 0. The van der Waals surface area contributed by atoms with Gasteiger partial charge in [-0.05, 0) is 5.75 Å². The minimum Gasteiger partial charge on any atom is -0.367 e. The van der Waals surface area contributed by atoms with Crippen molar-refractivity contribution in [3.8, 4) is 0 Å². The highest BCUT2D eigenvalue weighted by Gasteiger charge is 1.96. The van der Waals surface area contributed by atoms with Crippen LogP contribution < -0.4 is 0 Å². The highest BCUT2D eigenvalue weighted by Crippen LogP contribution is 2.10. The third kappa shape index (κ3) is 13.0. The first-order valence-corrected chi connectivity index (χ1v) is 7.83. The average Bonchev–Trinajstić information content (AvgIpc) is 2.09. The third-order valence-corrected chi connectivity index (χ3v) is 4.65. The molecule has 0 aliphatic carbocycles. The Labute approximate surface area is 93.3 Å². The molecule has 2 nitrogen and oxygen atoms in total. The van der Waals surface area contributed by atoms with E-state index in [2.05, 4.69) is 6.92 Å². The van der Waals surface area contributed by atoms with Gasteiger partial charge in [-0.2, -0.15) is 35.3 Å². The van der Waals surface area contributed by atoms with Crippen LogP contribution in [-0.2, 0) is 0 Å². The zero-order chi connectivity index (χ0) is 9.94. The molecule has 0 aliphatic heterocycles. The lowest BCUT2D eigenvalue weighted by Crippen LogP contribution is -2.08. The van der Waals surface area contributed by atoms with Crippen LogP contribution in [-0.4, -0.2) is 51.0 Å². The average molecular weight is 242 g/mol. The molecule has 0 fully saturated rings. The van der Waals surface area contributed by atoms with Gasteiger partial charge < -0.3 is 10.2 Å². The molecule has 0 radical (unpaired) electrons. The lowest BCUT2D eigenvalue weighted by atomic mass is 10.8. The Bertz CT molecular complexity index is 101. The van der Waals surface area contributed by atoms with Crippen LogP contribution in [0.15, 0.2) is 0 Å². The van der Waals surface area contributed by atoms with E-state index in [4.69, 9.17) is 10.2 Å². The molecule has 0 atom stereocenters. The fraction of sp³-hybridized carbons (Fsp3) is 1.00. The molecule has 0 saturated carbocycles. The molecule has 0 rings (SSSR count). The first-order valence-electron chi connectivity index (χ1n) is 4.36. The van der Waals surface area contributed by atoms with Gasteiger partial charge in [-0.1, -0.05) is 6.92 Å². The molecule has 0 aromatic heterocycles. The van der Waals surface area contributed by atoms with E-state index in [0.29, 0.717) is 5.75 Å². The largest absolute Gasteiger partial charge is 0.367 e. The third-order valence-electron chi connectivity index (χ3n) is 1.22. The highest BCUT2D eigenvalue weighted by atomic mass is 32.2. The van der Waals surface area contributed by atoms with Gasteiger partial charge in [0.2, 0.25) is 0 Å². The van der Waals surface area contributed by atoms with E-state index in [-0.39, 0.29) is 0 Å². The van der Waals surface area contributed by atoms with Crippen molar-refractivity contribution >= 4 is 35.3 Å². The van der Waals surface area contributed by atoms with Crippen LogP contribution in [0.5, 0.6) is 0 Å². The molecule has 0 spiro atoms. The zero-order valence-electron chi connectivity index (χ0n) is 7.94. The Morgan fingerprint density at radius 1 is 0.923 bits per heavy atom. The molecule has 5 heteroatoms. The molecule has 0 aromatic rings. The van der Waals surface area contributed by atoms with Gasteiger partial charge in [0.25, 0.3) is 0 Å². The van der Waals surface area contributed by atoms with Crippen LogP contribution in [0.2, 0.25) is 0 Å². The van der Waals surface area contributed by atoms with Crippen LogP contribution in [0.4, 0.5) is 0 Å². The Kier molecular flexibility index (Phi) is 11.9. The molecule has 0 amide bonds. The van der Waals surface area contributed by atoms with E-state index in [0.717, 1.165) is 11.5 Å². The number of aliphatic hydroxyl groups is 2. The van der Waals surface area contributed by atoms with E-state index in [9.17, 15) is 0 Å². The number of thioether (sulfide) groups is 3. The standard InChI is InChI=1S/C8H18O2S3/c1-2-11-3-4-12-5-6-13-7-8(9)10/h8-10H,2-7H2,1H3. The predicted octanol–water partition coefficient (Wildman–Crippen LogP) is 1.52. The molecule has 0 unspecified atom stereocenters. The summed E-state index contributed by atoms with van der Waals surface area (Å²) in [6.07, 6.45) is -1.15. The summed E-state index contributed by atoms with van der Waals surface area (Å²) in [5.74, 6) is 6.20. The molecule has 13 heavy (non-hydrogen) atoms. The fourth-order valence-corrected chi connectivity index (χ4v) is 3.43. The fourth-order valence-electron chi connectivity index (χ4n) is 0.671. The van der Waals surface area contributed by atoms with E-state index >= 15 is 0 Å². The summed E-state index contributed by atoms with van der Waals surface area (Å²) in [5, 5.41) is 17.1. The molecule has 0 aromatic carbocycles. The van der Waals surface area contributed by atoms with Crippen molar-refractivity contribution in [2.75, 3.05) is 34.5 Å². The quantitative estimate of drug-likeness (QED) is 0.474. The smallest absolute Gasteiger partial charge is 0.160 e. The topological polar surface area (TPSA) is 40.5 Å². The normalized spacial score (nSPS) is 11.1. The second-order valence-corrected chi connectivity index (χ2v) is 6.13. The van der Waals surface area contributed by atoms with Gasteiger partial charge in [0, 0.05) is 28.8 Å². The number of hydrogen-bond donors (Lipinski definition) is 2. The number of hydrogen-bond acceptors (Lipinski definition) is 5. The summed E-state index contributed by atoms with van der Waals surface area (Å²) in [6, 6.07) is 0. The van der Waals surface area contributed by atoms with E-state index in [1.54, 1.807) is 11.8 Å². The monoisotopic (exact) mass is 242 g/mol. The summed E-state index contributed by atoms with van der Waals surface area (Å²) in [7, 11) is 0. The van der Waals surface area contributed by atoms with Crippen LogP contribution in [0, 0.1) is 0 Å². The van der Waals surface area contributed by atoms with Crippen molar-refractivity contribution in [3.63, 3.8) is 0 Å².